The Morgan fingerprint density at radius 3 is 2.73 bits per heavy atom. The Kier molecular flexibility index (Phi) is 4.81. The molecule has 1 saturated heterocycles. The highest BCUT2D eigenvalue weighted by Crippen LogP contribution is 2.35. The summed E-state index contributed by atoms with van der Waals surface area (Å²) >= 11 is 0. The van der Waals surface area contributed by atoms with Crippen LogP contribution in [0.25, 0.3) is 0 Å². The van der Waals surface area contributed by atoms with Crippen LogP contribution in [0.4, 0.5) is 4.39 Å². The largest absolute Gasteiger partial charge is 0.466 e. The summed E-state index contributed by atoms with van der Waals surface area (Å²) in [4.78, 5) is 23.5. The van der Waals surface area contributed by atoms with Crippen LogP contribution in [0.5, 0.6) is 0 Å². The Morgan fingerprint density at radius 2 is 2.23 bits per heavy atom. The molecule has 1 heterocycles. The molecule has 2 atom stereocenters. The molecule has 0 saturated carbocycles. The van der Waals surface area contributed by atoms with E-state index >= 15 is 0 Å². The van der Waals surface area contributed by atoms with Gasteiger partial charge in [0.2, 0.25) is 5.91 Å². The second-order valence-corrected chi connectivity index (χ2v) is 5.46. The van der Waals surface area contributed by atoms with Gasteiger partial charge in [0.15, 0.2) is 0 Å². The minimum absolute atomic E-state index is 0.0754. The number of carbonyl (C=O) groups is 2. The third-order valence-electron chi connectivity index (χ3n) is 4.14. The zero-order chi connectivity index (χ0) is 16.3. The van der Waals surface area contributed by atoms with E-state index in [9.17, 15) is 14.0 Å². The van der Waals surface area contributed by atoms with Gasteiger partial charge in [0.1, 0.15) is 11.2 Å². The second-order valence-electron chi connectivity index (χ2n) is 5.46. The van der Waals surface area contributed by atoms with Crippen molar-refractivity contribution in [2.24, 2.45) is 5.73 Å². The number of rotatable bonds is 5. The first-order valence-electron chi connectivity index (χ1n) is 7.26. The molecule has 1 aliphatic rings. The van der Waals surface area contributed by atoms with E-state index in [2.05, 4.69) is 0 Å². The van der Waals surface area contributed by atoms with Crippen LogP contribution in [-0.2, 0) is 24.5 Å². The number of amides is 1. The number of ether oxygens (including phenoxy) is 2. The molecule has 1 amide bonds. The fraction of sp³-hybridized carbons (Fsp3) is 0.500. The van der Waals surface area contributed by atoms with Crippen LogP contribution in [-0.4, -0.2) is 31.7 Å². The number of hydrogen-bond acceptors (Lipinski definition) is 4. The number of esters is 1. The second kappa shape index (κ2) is 6.44. The van der Waals surface area contributed by atoms with E-state index in [0.29, 0.717) is 18.6 Å². The molecule has 2 unspecified atom stereocenters. The molecule has 5 nitrogen and oxygen atoms in total. The van der Waals surface area contributed by atoms with Gasteiger partial charge in [-0.15, -0.1) is 0 Å². The molecule has 0 radical (unpaired) electrons. The van der Waals surface area contributed by atoms with Crippen molar-refractivity contribution in [1.82, 2.24) is 0 Å². The molecular weight excluding hydrogens is 289 g/mol. The fourth-order valence-corrected chi connectivity index (χ4v) is 2.70. The minimum atomic E-state index is -1.13. The Hall–Kier alpha value is -1.95. The average molecular weight is 309 g/mol. The van der Waals surface area contributed by atoms with Gasteiger partial charge in [0, 0.05) is 12.2 Å². The molecule has 0 aliphatic carbocycles. The van der Waals surface area contributed by atoms with Crippen molar-refractivity contribution < 1.29 is 23.5 Å². The lowest BCUT2D eigenvalue weighted by molar-refractivity contribution is -0.144. The topological polar surface area (TPSA) is 78.6 Å². The lowest BCUT2D eigenvalue weighted by atomic mass is 9.78. The Morgan fingerprint density at radius 1 is 1.50 bits per heavy atom. The van der Waals surface area contributed by atoms with Crippen LogP contribution < -0.4 is 5.73 Å². The van der Waals surface area contributed by atoms with Crippen molar-refractivity contribution in [3.05, 3.63) is 35.1 Å². The standard InChI is InChI=1S/C16H20FNO4/c1-3-22-14(19)10(2)11-4-5-12(13(17)8-11)16(15(18)20)6-7-21-9-16/h4-5,8,10H,3,6-7,9H2,1-2H3,(H2,18,20). The summed E-state index contributed by atoms with van der Waals surface area (Å²) in [6.45, 7) is 4.07. The van der Waals surface area contributed by atoms with Crippen molar-refractivity contribution in [3.8, 4) is 0 Å². The summed E-state index contributed by atoms with van der Waals surface area (Å²) in [7, 11) is 0. The summed E-state index contributed by atoms with van der Waals surface area (Å²) < 4.78 is 24.7. The molecule has 22 heavy (non-hydrogen) atoms. The Labute approximate surface area is 128 Å². The number of carbonyl (C=O) groups excluding carboxylic acids is 2. The predicted octanol–water partition coefficient (Wildman–Crippen LogP) is 1.64. The van der Waals surface area contributed by atoms with Crippen LogP contribution in [0.2, 0.25) is 0 Å². The normalized spacial score (nSPS) is 22.3. The molecule has 6 heteroatoms. The van der Waals surface area contributed by atoms with E-state index in [4.69, 9.17) is 15.2 Å². The van der Waals surface area contributed by atoms with Crippen LogP contribution in [0, 0.1) is 5.82 Å². The van der Waals surface area contributed by atoms with E-state index in [0.717, 1.165) is 0 Å². The average Bonchev–Trinajstić information content (AvgIpc) is 2.97. The lowest BCUT2D eigenvalue weighted by Crippen LogP contribution is -2.42. The number of hydrogen-bond donors (Lipinski definition) is 1. The van der Waals surface area contributed by atoms with Crippen molar-refractivity contribution >= 4 is 11.9 Å². The maximum Gasteiger partial charge on any atom is 0.313 e. The number of primary amides is 1. The van der Waals surface area contributed by atoms with E-state index in [1.165, 1.54) is 12.1 Å². The van der Waals surface area contributed by atoms with Crippen molar-refractivity contribution in [1.29, 1.82) is 0 Å². The zero-order valence-corrected chi connectivity index (χ0v) is 12.7. The highest BCUT2D eigenvalue weighted by atomic mass is 19.1. The van der Waals surface area contributed by atoms with Gasteiger partial charge in [-0.1, -0.05) is 12.1 Å². The summed E-state index contributed by atoms with van der Waals surface area (Å²) in [6, 6.07) is 4.41. The first-order chi connectivity index (χ1) is 10.4. The van der Waals surface area contributed by atoms with Crippen molar-refractivity contribution in [2.75, 3.05) is 19.8 Å². The molecule has 120 valence electrons. The molecule has 1 aliphatic heterocycles. The van der Waals surface area contributed by atoms with Gasteiger partial charge >= 0.3 is 5.97 Å². The zero-order valence-electron chi connectivity index (χ0n) is 12.7. The third kappa shape index (κ3) is 2.83. The SMILES string of the molecule is CCOC(=O)C(C)c1ccc(C2(C(N)=O)CCOC2)c(F)c1. The van der Waals surface area contributed by atoms with Crippen LogP contribution in [0.15, 0.2) is 18.2 Å². The lowest BCUT2D eigenvalue weighted by Gasteiger charge is -2.25. The van der Waals surface area contributed by atoms with Gasteiger partial charge in [-0.3, -0.25) is 9.59 Å². The highest BCUT2D eigenvalue weighted by molar-refractivity contribution is 5.87. The predicted molar refractivity (Wildman–Crippen MR) is 77.8 cm³/mol. The Bertz CT molecular complexity index is 582. The van der Waals surface area contributed by atoms with Gasteiger partial charge in [-0.05, 0) is 31.9 Å². The maximum atomic E-state index is 14.5. The molecule has 1 fully saturated rings. The van der Waals surface area contributed by atoms with Gasteiger partial charge in [0.05, 0.1) is 19.1 Å². The van der Waals surface area contributed by atoms with E-state index < -0.39 is 29.0 Å². The quantitative estimate of drug-likeness (QED) is 0.839. The first-order valence-corrected chi connectivity index (χ1v) is 7.26. The maximum absolute atomic E-state index is 14.5. The first kappa shape index (κ1) is 16.4. The van der Waals surface area contributed by atoms with Crippen LogP contribution in [0.1, 0.15) is 37.3 Å². The number of nitrogens with two attached hydrogens (primary N) is 1. The fourth-order valence-electron chi connectivity index (χ4n) is 2.70. The van der Waals surface area contributed by atoms with Gasteiger partial charge in [-0.2, -0.15) is 0 Å². The minimum Gasteiger partial charge on any atom is -0.466 e. The van der Waals surface area contributed by atoms with Crippen LogP contribution >= 0.6 is 0 Å². The summed E-state index contributed by atoms with van der Waals surface area (Å²) in [5.74, 6) is -2.15. The molecule has 1 aromatic rings. The van der Waals surface area contributed by atoms with Gasteiger partial charge in [-0.25, -0.2) is 4.39 Å². The Balaban J connectivity index is 2.34. The van der Waals surface area contributed by atoms with E-state index in [1.807, 2.05) is 0 Å². The van der Waals surface area contributed by atoms with Gasteiger partial charge < -0.3 is 15.2 Å². The number of benzene rings is 1. The smallest absolute Gasteiger partial charge is 0.313 e. The molecule has 0 spiro atoms. The van der Waals surface area contributed by atoms with E-state index in [1.54, 1.807) is 19.9 Å². The summed E-state index contributed by atoms with van der Waals surface area (Å²) in [5.41, 5.74) is 5.05. The summed E-state index contributed by atoms with van der Waals surface area (Å²) in [6.07, 6.45) is 0.353. The van der Waals surface area contributed by atoms with Crippen molar-refractivity contribution in [2.45, 2.75) is 31.6 Å². The van der Waals surface area contributed by atoms with Crippen LogP contribution in [0.3, 0.4) is 0 Å². The monoisotopic (exact) mass is 309 g/mol. The molecule has 1 aromatic carbocycles. The third-order valence-corrected chi connectivity index (χ3v) is 4.14. The van der Waals surface area contributed by atoms with Gasteiger partial charge in [0.25, 0.3) is 0 Å². The highest BCUT2D eigenvalue weighted by Gasteiger charge is 2.44. The molecule has 2 rings (SSSR count). The van der Waals surface area contributed by atoms with E-state index in [-0.39, 0.29) is 18.8 Å². The molecule has 0 bridgehead atoms. The number of halogens is 1. The molecule has 0 aromatic heterocycles. The van der Waals surface area contributed by atoms with Crippen molar-refractivity contribution in [3.63, 3.8) is 0 Å². The summed E-state index contributed by atoms with van der Waals surface area (Å²) in [5, 5.41) is 0. The molecular formula is C16H20FNO4. The molecule has 2 N–H and O–H groups in total.